The zero-order valence-electron chi connectivity index (χ0n) is 23.3. The van der Waals surface area contributed by atoms with Gasteiger partial charge in [0.1, 0.15) is 12.1 Å². The van der Waals surface area contributed by atoms with E-state index in [1.165, 1.54) is 14.1 Å². The van der Waals surface area contributed by atoms with Crippen LogP contribution in [0.2, 0.25) is 0 Å². The summed E-state index contributed by atoms with van der Waals surface area (Å²) in [5.74, 6) is -4.15. The second-order valence-corrected chi connectivity index (χ2v) is 10.9. The Kier molecular flexibility index (Phi) is 10.7. The molecule has 4 bridgehead atoms. The fraction of sp³-hybridized carbons (Fsp3) is 0.818. The van der Waals surface area contributed by atoms with Gasteiger partial charge in [-0.1, -0.05) is 0 Å². The quantitative estimate of drug-likeness (QED) is 0.0950. The Hall–Kier alpha value is -3.32. The van der Waals surface area contributed by atoms with Crippen LogP contribution < -0.4 is 21.3 Å². The summed E-state index contributed by atoms with van der Waals surface area (Å²) in [4.78, 5) is 54.0. The average Bonchev–Trinajstić information content (AvgIpc) is 2.93. The van der Waals surface area contributed by atoms with E-state index >= 15 is 0 Å². The molecule has 0 radical (unpaired) electrons. The van der Waals surface area contributed by atoms with Gasteiger partial charge in [-0.05, 0) is 14.1 Å². The van der Waals surface area contributed by atoms with Gasteiger partial charge in [-0.2, -0.15) is 0 Å². The number of carboxylic acids is 2. The van der Waals surface area contributed by atoms with Crippen molar-refractivity contribution in [3.63, 3.8) is 0 Å². The lowest BCUT2D eigenvalue weighted by molar-refractivity contribution is -0.530. The predicted octanol–water partition coefficient (Wildman–Crippen LogP) is -7.64. The smallest absolute Gasteiger partial charge is 0.389 e. The van der Waals surface area contributed by atoms with E-state index in [1.807, 2.05) is 0 Å². The molecule has 2 saturated carbocycles. The molecule has 44 heavy (non-hydrogen) atoms. The van der Waals surface area contributed by atoms with Crippen LogP contribution in [-0.4, -0.2) is 186 Å². The third kappa shape index (κ3) is 5.88. The van der Waals surface area contributed by atoms with Crippen LogP contribution >= 0.6 is 0 Å². The monoisotopic (exact) mass is 636 g/mol. The van der Waals surface area contributed by atoms with Gasteiger partial charge in [0.05, 0.1) is 86.3 Å². The minimum absolute atomic E-state index is 0.312. The zero-order valence-corrected chi connectivity index (χ0v) is 23.3. The molecule has 3 aliphatic rings. The van der Waals surface area contributed by atoms with Gasteiger partial charge in [-0.3, -0.25) is 30.2 Å². The molecule has 12 N–H and O–H groups in total. The molecule has 3 rings (SSSR count). The molecule has 0 aromatic carbocycles. The van der Waals surface area contributed by atoms with E-state index in [2.05, 4.69) is 31.3 Å². The van der Waals surface area contributed by atoms with E-state index < -0.39 is 119 Å². The van der Waals surface area contributed by atoms with Crippen LogP contribution in [0.25, 0.3) is 0 Å². The van der Waals surface area contributed by atoms with Crippen molar-refractivity contribution in [1.29, 1.82) is 0 Å². The number of aliphatic hydroxyl groups is 6. The van der Waals surface area contributed by atoms with Crippen LogP contribution in [0.1, 0.15) is 0 Å². The molecule has 0 spiro atoms. The van der Waals surface area contributed by atoms with E-state index in [9.17, 15) is 70.7 Å². The molecule has 22 nitrogen and oxygen atoms in total. The van der Waals surface area contributed by atoms with Crippen molar-refractivity contribution < 1.29 is 60.3 Å². The summed E-state index contributed by atoms with van der Waals surface area (Å²) in [5, 5.41) is 119. The van der Waals surface area contributed by atoms with Crippen LogP contribution in [0, 0.1) is 20.2 Å². The molecule has 0 saturated heterocycles. The Balaban J connectivity index is 2.27. The average molecular weight is 637 g/mol. The van der Waals surface area contributed by atoms with E-state index in [-0.39, 0.29) is 0 Å². The van der Waals surface area contributed by atoms with Gasteiger partial charge in [0.15, 0.2) is 0 Å². The van der Waals surface area contributed by atoms with Crippen molar-refractivity contribution in [2.75, 3.05) is 27.2 Å². The van der Waals surface area contributed by atoms with E-state index in [4.69, 9.17) is 0 Å². The first-order valence-electron chi connectivity index (χ1n) is 13.3. The number of aliphatic imine (C=N–C) groups is 2. The number of hydrogen-bond acceptors (Lipinski definition) is 18. The molecule has 2 fully saturated rings. The highest BCUT2D eigenvalue weighted by molar-refractivity contribution is 5.98. The lowest BCUT2D eigenvalue weighted by Gasteiger charge is -2.46. The Morgan fingerprint density at radius 3 is 1.27 bits per heavy atom. The van der Waals surface area contributed by atoms with Crippen molar-refractivity contribution in [3.05, 3.63) is 20.2 Å². The molecule has 248 valence electrons. The van der Waals surface area contributed by atoms with Crippen LogP contribution in [-0.2, 0) is 9.59 Å². The van der Waals surface area contributed by atoms with Crippen molar-refractivity contribution >= 4 is 24.4 Å². The first-order chi connectivity index (χ1) is 20.5. The Labute approximate surface area is 247 Å². The zero-order chi connectivity index (χ0) is 33.3. The maximum Gasteiger partial charge on any atom is 0.389 e. The number of nitrogens with zero attached hydrogens (tertiary/aromatic N) is 4. The number of likely N-dealkylation sites (N-methyl/N-ethyl adjacent to an activating group) is 2. The fourth-order valence-electron chi connectivity index (χ4n) is 5.73. The van der Waals surface area contributed by atoms with Crippen molar-refractivity contribution in [3.8, 4) is 0 Å². The minimum atomic E-state index is -3.13. The number of aliphatic carboxylic acids is 2. The Bertz CT molecular complexity index is 1060. The number of rotatable bonds is 6. The molecule has 1 heterocycles. The molecule has 14 atom stereocenters. The predicted molar refractivity (Wildman–Crippen MR) is 145 cm³/mol. The van der Waals surface area contributed by atoms with Crippen LogP contribution in [0.3, 0.4) is 0 Å². The summed E-state index contributed by atoms with van der Waals surface area (Å²) in [7, 11) is 2.54. The molecule has 22 heteroatoms. The molecule has 0 amide bonds. The number of nitro groups is 2. The van der Waals surface area contributed by atoms with Gasteiger partial charge >= 0.3 is 23.0 Å². The largest absolute Gasteiger partial charge is 0.476 e. The molecular formula is C22H36N8O14. The van der Waals surface area contributed by atoms with Gasteiger partial charge in [0.2, 0.25) is 0 Å². The molecule has 14 unspecified atom stereocenters. The molecular weight excluding hydrogens is 600 g/mol. The number of aliphatic hydroxyl groups excluding tert-OH is 6. The molecule has 1 aliphatic heterocycles. The lowest BCUT2D eigenvalue weighted by Crippen LogP contribution is -2.73. The highest BCUT2D eigenvalue weighted by Crippen LogP contribution is 2.28. The van der Waals surface area contributed by atoms with E-state index in [0.29, 0.717) is 12.4 Å². The number of fused-ring (bicyclic) bond motifs is 4. The Morgan fingerprint density at radius 2 is 1.02 bits per heavy atom. The highest BCUT2D eigenvalue weighted by Gasteiger charge is 2.58. The summed E-state index contributed by atoms with van der Waals surface area (Å²) in [6.45, 7) is -2.35. The van der Waals surface area contributed by atoms with Gasteiger partial charge < -0.3 is 62.1 Å². The maximum absolute atomic E-state index is 12.3. The second-order valence-electron chi connectivity index (χ2n) is 10.9. The first-order valence-corrected chi connectivity index (χ1v) is 13.3. The van der Waals surface area contributed by atoms with Gasteiger partial charge in [-0.25, -0.2) is 9.59 Å². The molecule has 0 aromatic rings. The maximum atomic E-state index is 12.3. The van der Waals surface area contributed by atoms with Crippen LogP contribution in [0.5, 0.6) is 0 Å². The third-order valence-corrected chi connectivity index (χ3v) is 8.54. The van der Waals surface area contributed by atoms with E-state index in [1.54, 1.807) is 0 Å². The van der Waals surface area contributed by atoms with Gasteiger partial charge in [-0.15, -0.1) is 0 Å². The van der Waals surface area contributed by atoms with Crippen LogP contribution in [0.4, 0.5) is 0 Å². The lowest BCUT2D eigenvalue weighted by atomic mass is 9.79. The SMILES string of the molecule is CNC1C(O)C2N=CC(C(=O)O)([N+](=O)[O-])CNC3C(O)C(N=CC(C(=O)O)([N+](=O)[O-])CNC(C2O)C1O)C(O)C(NC)C3O. The van der Waals surface area contributed by atoms with Crippen LogP contribution in [0.15, 0.2) is 9.98 Å². The van der Waals surface area contributed by atoms with E-state index in [0.717, 1.165) is 0 Å². The summed E-state index contributed by atoms with van der Waals surface area (Å²) in [5.41, 5.74) is -6.25. The second kappa shape index (κ2) is 13.4. The summed E-state index contributed by atoms with van der Waals surface area (Å²) >= 11 is 0. The highest BCUT2D eigenvalue weighted by atomic mass is 16.6. The number of carboxylic acid groups (broad SMARTS) is 2. The number of carbonyl (C=O) groups is 2. The summed E-state index contributed by atoms with van der Waals surface area (Å²) < 4.78 is 0. The fourth-order valence-corrected chi connectivity index (χ4v) is 5.73. The summed E-state index contributed by atoms with van der Waals surface area (Å²) in [6.07, 6.45) is -10.6. The standard InChI is InChI=1S/C22H36N8O14/c1-23-7-13(31)9-17(35)10(14(7)32)26-4-22(20(39)40,30(43)44)6-28-12-16(34)8(24-2)15(33)11(18(12)36)27-5-21(3-25-9,19(37)38)29(41)42/h3,6-18,23-24,26-27,31-36H,4-5H2,1-2H3,(H,37,38)(H,39,40). The first kappa shape index (κ1) is 35.2. The summed E-state index contributed by atoms with van der Waals surface area (Å²) in [6, 6.07) is -9.72. The minimum Gasteiger partial charge on any atom is -0.476 e. The molecule has 0 aromatic heterocycles. The normalized spacial score (nSPS) is 44.9. The van der Waals surface area contributed by atoms with Gasteiger partial charge in [0.25, 0.3) is 0 Å². The topological polar surface area (TPSA) is 355 Å². The van der Waals surface area contributed by atoms with Crippen molar-refractivity contribution in [2.45, 2.75) is 84.0 Å². The Morgan fingerprint density at radius 1 is 0.705 bits per heavy atom. The van der Waals surface area contributed by atoms with Crippen molar-refractivity contribution in [2.24, 2.45) is 9.98 Å². The van der Waals surface area contributed by atoms with Crippen molar-refractivity contribution in [1.82, 2.24) is 21.3 Å². The third-order valence-electron chi connectivity index (χ3n) is 8.54. The molecule has 2 aliphatic carbocycles. The van der Waals surface area contributed by atoms with Gasteiger partial charge in [0, 0.05) is 9.85 Å². The number of hydrogen-bond donors (Lipinski definition) is 12. The number of nitrogens with one attached hydrogen (secondary N) is 4.